The highest BCUT2D eigenvalue weighted by Gasteiger charge is 2.44. The van der Waals surface area contributed by atoms with Crippen LogP contribution < -0.4 is 20.9 Å². The molecule has 8 heteroatoms. The molecule has 0 saturated carbocycles. The Labute approximate surface area is 621 Å². The molecule has 2 amide bonds. The molecule has 2 aromatic carbocycles. The van der Waals surface area contributed by atoms with Crippen molar-refractivity contribution in [1.29, 1.82) is 0 Å². The van der Waals surface area contributed by atoms with Crippen LogP contribution in [0, 0.1) is 11.8 Å². The maximum Gasteiger partial charge on any atom is 0.264 e. The van der Waals surface area contributed by atoms with Crippen LogP contribution in [0.15, 0.2) is 70.3 Å². The molecule has 0 radical (unpaired) electrons. The van der Waals surface area contributed by atoms with E-state index in [0.29, 0.717) is 47.3 Å². The van der Waals surface area contributed by atoms with Gasteiger partial charge in [0.2, 0.25) is 0 Å². The number of unbranched alkanes of at least 4 members (excludes halogenated alkanes) is 36. The quantitative estimate of drug-likeness (QED) is 0.0281. The Bertz CT molecular complexity index is 3640. The number of carbonyl (C=O) groups is 2. The largest absolute Gasteiger partial charge is 0.307 e. The van der Waals surface area contributed by atoms with Crippen molar-refractivity contribution >= 4 is 56.1 Å². The smallest absolute Gasteiger partial charge is 0.264 e. The van der Waals surface area contributed by atoms with Crippen LogP contribution in [0.25, 0.3) is 44.2 Å². The Morgan fingerprint density at radius 3 is 1.04 bits per heavy atom. The number of hydrogen-bond donors (Lipinski definition) is 0. The van der Waals surface area contributed by atoms with Gasteiger partial charge in [0.25, 0.3) is 22.9 Å². The topological polar surface area (TPSA) is 83.6 Å². The van der Waals surface area contributed by atoms with E-state index < -0.39 is 0 Å². The normalized spacial score (nSPS) is 14.6. The Morgan fingerprint density at radius 2 is 0.657 bits per heavy atom. The van der Waals surface area contributed by atoms with Crippen LogP contribution in [-0.4, -0.2) is 33.7 Å². The number of pyridine rings is 2. The zero-order valence-electron chi connectivity index (χ0n) is 66.9. The zero-order valence-corrected chi connectivity index (χ0v) is 66.9. The van der Waals surface area contributed by atoms with Crippen LogP contribution in [0.2, 0.25) is 0 Å². The van der Waals surface area contributed by atoms with E-state index in [1.165, 1.54) is 224 Å². The third kappa shape index (κ3) is 22.3. The molecule has 0 bridgehead atoms. The molecule has 2 unspecified atom stereocenters. The minimum Gasteiger partial charge on any atom is -0.307 e. The molecule has 2 aliphatic rings. The molecular weight excluding hydrogens is 1250 g/mol. The van der Waals surface area contributed by atoms with Gasteiger partial charge in [0.1, 0.15) is 0 Å². The molecule has 8 rings (SSSR count). The van der Waals surface area contributed by atoms with Crippen molar-refractivity contribution in [3.63, 3.8) is 0 Å². The first-order valence-electron chi connectivity index (χ1n) is 43.5. The number of nitrogens with zero attached hydrogens (tertiary/aromatic N) is 4. The number of amides is 2. The summed E-state index contributed by atoms with van der Waals surface area (Å²) >= 11 is 0. The van der Waals surface area contributed by atoms with Crippen molar-refractivity contribution in [2.24, 2.45) is 11.8 Å². The third-order valence-electron chi connectivity index (χ3n) is 23.8. The summed E-state index contributed by atoms with van der Waals surface area (Å²) in [6.07, 6.45) is 57.2. The molecule has 0 fully saturated rings. The maximum absolute atomic E-state index is 16.5. The molecule has 0 aliphatic carbocycles. The fourth-order valence-corrected chi connectivity index (χ4v) is 17.5. The van der Waals surface area contributed by atoms with Gasteiger partial charge < -0.3 is 9.80 Å². The molecule has 0 saturated heterocycles. The van der Waals surface area contributed by atoms with Gasteiger partial charge in [-0.3, -0.25) is 28.0 Å². The van der Waals surface area contributed by atoms with E-state index >= 15 is 19.2 Å². The minimum atomic E-state index is -0.125. The average molecular weight is 1390 g/mol. The van der Waals surface area contributed by atoms with Crippen LogP contribution in [0.5, 0.6) is 0 Å². The van der Waals surface area contributed by atoms with Gasteiger partial charge in [0, 0.05) is 35.5 Å². The number of aryl methyl sites for hydroxylation is 2. The lowest BCUT2D eigenvalue weighted by atomic mass is 9.93. The van der Waals surface area contributed by atoms with Crippen LogP contribution in [0.3, 0.4) is 0 Å². The summed E-state index contributed by atoms with van der Waals surface area (Å²) in [6.45, 7) is 23.8. The first-order valence-corrected chi connectivity index (χ1v) is 43.5. The van der Waals surface area contributed by atoms with Gasteiger partial charge in [-0.1, -0.05) is 350 Å². The standard InChI is InChI=1S/C94H144N4O4/c1-11-17-23-29-35-39-43-49-55-73(53-47-41-33-27-21-15-5)69-95-85-67-75(71(7)8)59-61-79(85)87(91(95)99)88-80-62-60-76(68-86(80)96(92(88)100)70-74(54-48-42-34-28-22-16-6)56-50-44-40-36-30-24-18-12-2)82-64-66-84-78(58-52-46-38-32-26-20-14-4)89-90(94(102)98(82)84)77(57-51-45-37-31-25-19-13-3)83-65-63-81(72(9)10)97(83)93(89)101/h59-68,71-74H,11-58,69-70H2,1-10H3/b88-87+. The SMILES string of the molecule is CCCCCCCCCCC(CCCCCCCC)CN1C(=O)/C(=C2/C(=O)N(CC(CCCCCCCC)CCCCCCCCCC)c3cc(C(C)C)ccc32)c2ccc(-c3ccc4c(CCCCCCCCC)c5c(=O)n6c(C(C)C)ccc6c(CCCCCCCCC)c5c(=O)n34)cc21. The van der Waals surface area contributed by atoms with Gasteiger partial charge in [-0.25, -0.2) is 0 Å². The van der Waals surface area contributed by atoms with Gasteiger partial charge in [0.05, 0.1) is 50.0 Å². The molecule has 0 N–H and O–H groups in total. The molecule has 2 atom stereocenters. The van der Waals surface area contributed by atoms with E-state index in [1.54, 1.807) is 0 Å². The molecule has 102 heavy (non-hydrogen) atoms. The number of aromatic nitrogens is 2. The summed E-state index contributed by atoms with van der Waals surface area (Å²) in [5.41, 5.74) is 12.0. The van der Waals surface area contributed by atoms with Crippen molar-refractivity contribution in [2.45, 2.75) is 389 Å². The molecular formula is C94H144N4O4. The van der Waals surface area contributed by atoms with E-state index in [0.717, 1.165) is 145 Å². The van der Waals surface area contributed by atoms with Gasteiger partial charge >= 0.3 is 0 Å². The van der Waals surface area contributed by atoms with Crippen LogP contribution >= 0.6 is 0 Å². The van der Waals surface area contributed by atoms with E-state index in [9.17, 15) is 0 Å². The highest BCUT2D eigenvalue weighted by molar-refractivity contribution is 6.50. The first kappa shape index (κ1) is 82.2. The molecule has 8 nitrogen and oxygen atoms in total. The Kier molecular flexibility index (Phi) is 35.8. The maximum atomic E-state index is 16.5. The molecule has 0 spiro atoms. The average Bonchev–Trinajstić information content (AvgIpc) is 1.47. The lowest BCUT2D eigenvalue weighted by Crippen LogP contribution is -2.34. The van der Waals surface area contributed by atoms with Crippen molar-refractivity contribution in [1.82, 2.24) is 8.80 Å². The first-order chi connectivity index (χ1) is 49.8. The monoisotopic (exact) mass is 1390 g/mol. The molecule has 6 aromatic rings. The fraction of sp³-hybridized carbons (Fsp3) is 0.681. The summed E-state index contributed by atoms with van der Waals surface area (Å²) in [5, 5.41) is 1.20. The van der Waals surface area contributed by atoms with E-state index in [2.05, 4.69) is 140 Å². The van der Waals surface area contributed by atoms with Crippen LogP contribution in [-0.2, 0) is 22.4 Å². The fourth-order valence-electron chi connectivity index (χ4n) is 17.5. The lowest BCUT2D eigenvalue weighted by molar-refractivity contribution is -0.114. The number of anilines is 2. The number of rotatable bonds is 55. The third-order valence-corrected chi connectivity index (χ3v) is 23.8. The van der Waals surface area contributed by atoms with Crippen LogP contribution in [0.1, 0.15) is 410 Å². The second kappa shape index (κ2) is 44.5. The number of carbonyl (C=O) groups excluding carboxylic acids is 2. The van der Waals surface area contributed by atoms with Gasteiger partial charge in [0.15, 0.2) is 0 Å². The minimum absolute atomic E-state index is 0.0332. The van der Waals surface area contributed by atoms with E-state index in [1.807, 2.05) is 8.80 Å². The zero-order chi connectivity index (χ0) is 72.6. The molecule has 564 valence electrons. The van der Waals surface area contributed by atoms with E-state index in [-0.39, 0.29) is 40.7 Å². The lowest BCUT2D eigenvalue weighted by Gasteiger charge is -2.25. The van der Waals surface area contributed by atoms with Crippen LogP contribution in [0.4, 0.5) is 11.4 Å². The van der Waals surface area contributed by atoms with Crippen molar-refractivity contribution < 1.29 is 9.59 Å². The number of benzene rings is 2. The second-order valence-corrected chi connectivity index (χ2v) is 32.7. The highest BCUT2D eigenvalue weighted by Crippen LogP contribution is 2.50. The Hall–Kier alpha value is -5.50. The number of hydrogen-bond acceptors (Lipinski definition) is 4. The summed E-state index contributed by atoms with van der Waals surface area (Å²) in [4.78, 5) is 68.9. The molecule has 4 aromatic heterocycles. The summed E-state index contributed by atoms with van der Waals surface area (Å²) in [5.74, 6) is 0.953. The van der Waals surface area contributed by atoms with Crippen molar-refractivity contribution in [3.05, 3.63) is 115 Å². The molecule has 6 heterocycles. The predicted octanol–water partition coefficient (Wildman–Crippen LogP) is 27.4. The highest BCUT2D eigenvalue weighted by atomic mass is 16.2. The summed E-state index contributed by atoms with van der Waals surface area (Å²) in [7, 11) is 0. The van der Waals surface area contributed by atoms with Gasteiger partial charge in [-0.2, -0.15) is 0 Å². The van der Waals surface area contributed by atoms with Gasteiger partial charge in [-0.15, -0.1) is 0 Å². The summed E-state index contributed by atoms with van der Waals surface area (Å²) < 4.78 is 3.95. The predicted molar refractivity (Wildman–Crippen MR) is 442 cm³/mol. The summed E-state index contributed by atoms with van der Waals surface area (Å²) in [6, 6.07) is 21.7. The number of fused-ring (bicyclic) bond motifs is 5. The van der Waals surface area contributed by atoms with Crippen molar-refractivity contribution in [3.8, 4) is 11.3 Å². The molecule has 2 aliphatic heterocycles. The van der Waals surface area contributed by atoms with Crippen molar-refractivity contribution in [2.75, 3.05) is 22.9 Å². The second-order valence-electron chi connectivity index (χ2n) is 32.7. The Morgan fingerprint density at radius 1 is 0.324 bits per heavy atom. The Balaban J connectivity index is 1.28. The van der Waals surface area contributed by atoms with Gasteiger partial charge in [-0.05, 0) is 128 Å². The van der Waals surface area contributed by atoms with E-state index in [4.69, 9.17) is 0 Å².